The number of aryl methyl sites for hydroxylation is 1. The number of nitrogens with zero attached hydrogens (tertiary/aromatic N) is 2. The average molecular weight is 195 g/mol. The van der Waals surface area contributed by atoms with E-state index >= 15 is 0 Å². The van der Waals surface area contributed by atoms with E-state index in [1.807, 2.05) is 13.8 Å². The van der Waals surface area contributed by atoms with Crippen LogP contribution >= 0.6 is 0 Å². The third-order valence-electron chi connectivity index (χ3n) is 2.55. The Morgan fingerprint density at radius 1 is 1.71 bits per heavy atom. The minimum absolute atomic E-state index is 0.0209. The summed E-state index contributed by atoms with van der Waals surface area (Å²) in [7, 11) is 1.78. The van der Waals surface area contributed by atoms with Crippen molar-refractivity contribution in [1.29, 1.82) is 0 Å². The van der Waals surface area contributed by atoms with Crippen LogP contribution in [0.2, 0.25) is 0 Å². The molecule has 0 aromatic carbocycles. The monoisotopic (exact) mass is 195 g/mol. The Balaban J connectivity index is 2.75. The standard InChI is InChI=1S/C10H17N3O/c1-4-7(2)9(11)10(14)8-5-12-13(3)6-8/h5-7,9H,4,11H2,1-3H3/t7-,9-/m0/s1. The van der Waals surface area contributed by atoms with Gasteiger partial charge in [0.05, 0.1) is 17.8 Å². The Kier molecular flexibility index (Phi) is 3.41. The number of nitrogens with two attached hydrogens (primary N) is 1. The maximum Gasteiger partial charge on any atom is 0.182 e. The van der Waals surface area contributed by atoms with Gasteiger partial charge in [-0.05, 0) is 5.92 Å². The molecule has 0 unspecified atom stereocenters. The average Bonchev–Trinajstić information content (AvgIpc) is 2.61. The zero-order valence-electron chi connectivity index (χ0n) is 8.90. The molecule has 0 aliphatic rings. The topological polar surface area (TPSA) is 60.9 Å². The lowest BCUT2D eigenvalue weighted by Crippen LogP contribution is -2.36. The van der Waals surface area contributed by atoms with Crippen molar-refractivity contribution in [3.63, 3.8) is 0 Å². The van der Waals surface area contributed by atoms with E-state index < -0.39 is 6.04 Å². The summed E-state index contributed by atoms with van der Waals surface area (Å²) >= 11 is 0. The van der Waals surface area contributed by atoms with Crippen molar-refractivity contribution in [2.24, 2.45) is 18.7 Å². The predicted octanol–water partition coefficient (Wildman–Crippen LogP) is 0.976. The second-order valence-electron chi connectivity index (χ2n) is 3.68. The maximum absolute atomic E-state index is 11.8. The number of carbonyl (C=O) groups is 1. The molecular formula is C10H17N3O. The number of hydrogen-bond acceptors (Lipinski definition) is 3. The lowest BCUT2D eigenvalue weighted by Gasteiger charge is -2.15. The summed E-state index contributed by atoms with van der Waals surface area (Å²) in [4.78, 5) is 11.8. The van der Waals surface area contributed by atoms with Crippen LogP contribution in [0.15, 0.2) is 12.4 Å². The molecule has 0 aliphatic heterocycles. The van der Waals surface area contributed by atoms with Crippen LogP contribution in [0, 0.1) is 5.92 Å². The second-order valence-corrected chi connectivity index (χ2v) is 3.68. The molecule has 4 nitrogen and oxygen atoms in total. The van der Waals surface area contributed by atoms with Crippen molar-refractivity contribution >= 4 is 5.78 Å². The van der Waals surface area contributed by atoms with Crippen molar-refractivity contribution in [3.8, 4) is 0 Å². The molecule has 0 fully saturated rings. The lowest BCUT2D eigenvalue weighted by molar-refractivity contribution is 0.0935. The molecule has 0 aliphatic carbocycles. The van der Waals surface area contributed by atoms with E-state index in [0.717, 1.165) is 6.42 Å². The molecule has 14 heavy (non-hydrogen) atoms. The summed E-state index contributed by atoms with van der Waals surface area (Å²) in [6.07, 6.45) is 4.17. The fourth-order valence-corrected chi connectivity index (χ4v) is 1.25. The largest absolute Gasteiger partial charge is 0.321 e. The quantitative estimate of drug-likeness (QED) is 0.728. The van der Waals surface area contributed by atoms with Gasteiger partial charge < -0.3 is 5.73 Å². The third-order valence-corrected chi connectivity index (χ3v) is 2.55. The minimum Gasteiger partial charge on any atom is -0.321 e. The number of carbonyl (C=O) groups excluding carboxylic acids is 1. The fraction of sp³-hybridized carbons (Fsp3) is 0.600. The molecule has 0 saturated carbocycles. The van der Waals surface area contributed by atoms with Crippen LogP contribution in [-0.4, -0.2) is 21.6 Å². The molecule has 1 rings (SSSR count). The first kappa shape index (κ1) is 10.9. The van der Waals surface area contributed by atoms with Crippen LogP contribution < -0.4 is 5.73 Å². The SMILES string of the molecule is CC[C@H](C)[C@H](N)C(=O)c1cnn(C)c1. The van der Waals surface area contributed by atoms with E-state index in [4.69, 9.17) is 5.73 Å². The lowest BCUT2D eigenvalue weighted by atomic mass is 9.94. The molecule has 1 heterocycles. The van der Waals surface area contributed by atoms with Gasteiger partial charge in [-0.1, -0.05) is 20.3 Å². The van der Waals surface area contributed by atoms with Crippen LogP contribution in [0.4, 0.5) is 0 Å². The first-order chi connectivity index (χ1) is 6.56. The van der Waals surface area contributed by atoms with E-state index in [1.54, 1.807) is 24.1 Å². The summed E-state index contributed by atoms with van der Waals surface area (Å²) < 4.78 is 1.61. The Labute approximate surface area is 84.1 Å². The van der Waals surface area contributed by atoms with Crippen LogP contribution in [0.25, 0.3) is 0 Å². The number of aromatic nitrogens is 2. The smallest absolute Gasteiger partial charge is 0.182 e. The maximum atomic E-state index is 11.8. The highest BCUT2D eigenvalue weighted by Crippen LogP contribution is 2.10. The number of hydrogen-bond donors (Lipinski definition) is 1. The van der Waals surface area contributed by atoms with Gasteiger partial charge in [-0.25, -0.2) is 0 Å². The predicted molar refractivity (Wildman–Crippen MR) is 55.0 cm³/mol. The Morgan fingerprint density at radius 2 is 2.36 bits per heavy atom. The van der Waals surface area contributed by atoms with Crippen LogP contribution in [0.1, 0.15) is 30.6 Å². The Bertz CT molecular complexity index is 319. The first-order valence-corrected chi connectivity index (χ1v) is 4.84. The molecule has 0 spiro atoms. The molecule has 1 aromatic rings. The molecule has 1 aromatic heterocycles. The highest BCUT2D eigenvalue weighted by Gasteiger charge is 2.21. The molecule has 0 saturated heterocycles. The van der Waals surface area contributed by atoms with Crippen molar-refractivity contribution in [2.75, 3.05) is 0 Å². The summed E-state index contributed by atoms with van der Waals surface area (Å²) in [6, 6.07) is -0.413. The van der Waals surface area contributed by atoms with E-state index in [2.05, 4.69) is 5.10 Å². The molecular weight excluding hydrogens is 178 g/mol. The van der Waals surface area contributed by atoms with Gasteiger partial charge in [0.15, 0.2) is 5.78 Å². The molecule has 2 N–H and O–H groups in total. The summed E-state index contributed by atoms with van der Waals surface area (Å²) in [5.74, 6) is 0.190. The summed E-state index contributed by atoms with van der Waals surface area (Å²) in [5, 5.41) is 3.95. The van der Waals surface area contributed by atoms with Gasteiger partial charge in [0, 0.05) is 13.2 Å². The minimum atomic E-state index is -0.413. The van der Waals surface area contributed by atoms with Crippen molar-refractivity contribution < 1.29 is 4.79 Å². The van der Waals surface area contributed by atoms with E-state index in [-0.39, 0.29) is 11.7 Å². The first-order valence-electron chi connectivity index (χ1n) is 4.84. The van der Waals surface area contributed by atoms with Gasteiger partial charge in [-0.15, -0.1) is 0 Å². The van der Waals surface area contributed by atoms with Gasteiger partial charge in [-0.3, -0.25) is 9.48 Å². The van der Waals surface area contributed by atoms with Crippen LogP contribution in [0.5, 0.6) is 0 Å². The Morgan fingerprint density at radius 3 is 2.79 bits per heavy atom. The van der Waals surface area contributed by atoms with Crippen molar-refractivity contribution in [3.05, 3.63) is 18.0 Å². The van der Waals surface area contributed by atoms with Gasteiger partial charge >= 0.3 is 0 Å². The van der Waals surface area contributed by atoms with E-state index in [0.29, 0.717) is 5.56 Å². The molecule has 0 bridgehead atoms. The van der Waals surface area contributed by atoms with Crippen molar-refractivity contribution in [2.45, 2.75) is 26.3 Å². The van der Waals surface area contributed by atoms with Gasteiger partial charge in [0.2, 0.25) is 0 Å². The number of Topliss-reactive ketones (excluding diaryl/α,β-unsaturated/α-hetero) is 1. The van der Waals surface area contributed by atoms with E-state index in [9.17, 15) is 4.79 Å². The zero-order valence-corrected chi connectivity index (χ0v) is 8.90. The Hall–Kier alpha value is -1.16. The fourth-order valence-electron chi connectivity index (χ4n) is 1.25. The number of ketones is 1. The highest BCUT2D eigenvalue weighted by atomic mass is 16.1. The van der Waals surface area contributed by atoms with Crippen LogP contribution in [-0.2, 0) is 7.05 Å². The molecule has 78 valence electrons. The second kappa shape index (κ2) is 4.37. The third kappa shape index (κ3) is 2.20. The van der Waals surface area contributed by atoms with Gasteiger partial charge in [0.1, 0.15) is 0 Å². The summed E-state index contributed by atoms with van der Waals surface area (Å²) in [5.41, 5.74) is 6.42. The summed E-state index contributed by atoms with van der Waals surface area (Å²) in [6.45, 7) is 4.01. The molecule has 0 radical (unpaired) electrons. The highest BCUT2D eigenvalue weighted by molar-refractivity contribution is 5.99. The molecule has 2 atom stereocenters. The normalized spacial score (nSPS) is 15.1. The molecule has 4 heteroatoms. The molecule has 0 amide bonds. The number of rotatable bonds is 4. The van der Waals surface area contributed by atoms with E-state index in [1.165, 1.54) is 0 Å². The van der Waals surface area contributed by atoms with Crippen molar-refractivity contribution in [1.82, 2.24) is 9.78 Å². The van der Waals surface area contributed by atoms with Gasteiger partial charge in [-0.2, -0.15) is 5.10 Å². The van der Waals surface area contributed by atoms with Gasteiger partial charge in [0.25, 0.3) is 0 Å². The zero-order chi connectivity index (χ0) is 10.7. The van der Waals surface area contributed by atoms with Crippen LogP contribution in [0.3, 0.4) is 0 Å².